The second-order valence-electron chi connectivity index (χ2n) is 6.52. The summed E-state index contributed by atoms with van der Waals surface area (Å²) in [7, 11) is 0. The van der Waals surface area contributed by atoms with Gasteiger partial charge in [0.05, 0.1) is 16.8 Å². The number of carbonyl (C=O) groups excluding carboxylic acids is 1. The van der Waals surface area contributed by atoms with E-state index in [0.29, 0.717) is 36.3 Å². The van der Waals surface area contributed by atoms with E-state index in [-0.39, 0.29) is 5.91 Å². The Morgan fingerprint density at radius 3 is 2.64 bits per heavy atom. The molecule has 0 spiro atoms. The first-order valence-corrected chi connectivity index (χ1v) is 10.3. The number of benzene rings is 2. The summed E-state index contributed by atoms with van der Waals surface area (Å²) in [4.78, 5) is 17.0. The van der Waals surface area contributed by atoms with E-state index in [1.807, 2.05) is 24.3 Å². The second-order valence-corrected chi connectivity index (χ2v) is 7.55. The van der Waals surface area contributed by atoms with Gasteiger partial charge in [0.1, 0.15) is 19.0 Å². The summed E-state index contributed by atoms with van der Waals surface area (Å²) >= 11 is 1.41. The largest absolute Gasteiger partial charge is 0.494 e. The number of hydrogen-bond donors (Lipinski definition) is 1. The van der Waals surface area contributed by atoms with Crippen molar-refractivity contribution in [1.82, 2.24) is 4.98 Å². The quantitative estimate of drug-likeness (QED) is 0.574. The number of rotatable bonds is 7. The minimum atomic E-state index is -0.200. The van der Waals surface area contributed by atoms with Crippen LogP contribution < -0.4 is 19.5 Å². The highest BCUT2D eigenvalue weighted by atomic mass is 32.1. The van der Waals surface area contributed by atoms with Crippen LogP contribution in [0, 0.1) is 0 Å². The van der Waals surface area contributed by atoms with Gasteiger partial charge < -0.3 is 14.2 Å². The van der Waals surface area contributed by atoms with E-state index >= 15 is 0 Å². The molecule has 1 aromatic heterocycles. The van der Waals surface area contributed by atoms with Gasteiger partial charge in [-0.2, -0.15) is 0 Å². The normalized spacial score (nSPS) is 12.8. The first-order valence-electron chi connectivity index (χ1n) is 9.47. The minimum absolute atomic E-state index is 0.200. The first kappa shape index (κ1) is 18.6. The van der Waals surface area contributed by atoms with E-state index in [0.717, 1.165) is 41.0 Å². The van der Waals surface area contributed by atoms with Crippen molar-refractivity contribution in [3.63, 3.8) is 0 Å². The third kappa shape index (κ3) is 4.20. The number of anilines is 1. The molecule has 28 heavy (non-hydrogen) atoms. The molecule has 1 aliphatic heterocycles. The molecule has 1 N–H and O–H groups in total. The van der Waals surface area contributed by atoms with E-state index in [9.17, 15) is 4.79 Å². The zero-order valence-electron chi connectivity index (χ0n) is 15.7. The minimum Gasteiger partial charge on any atom is -0.494 e. The maximum absolute atomic E-state index is 12.5. The van der Waals surface area contributed by atoms with Gasteiger partial charge in [-0.1, -0.05) is 31.1 Å². The lowest BCUT2D eigenvalue weighted by atomic mass is 10.2. The van der Waals surface area contributed by atoms with E-state index in [1.165, 1.54) is 11.3 Å². The summed E-state index contributed by atoms with van der Waals surface area (Å²) in [6, 6.07) is 10.9. The Balaban J connectivity index is 1.41. The fourth-order valence-corrected chi connectivity index (χ4v) is 3.80. The number of nitrogens with zero attached hydrogens (tertiary/aromatic N) is 1. The SMILES string of the molecule is CCCCCOc1ccc(C(=O)Nc2nc3cc4c(cc3s2)OCCO4)cc1. The van der Waals surface area contributed by atoms with Crippen molar-refractivity contribution < 1.29 is 19.0 Å². The van der Waals surface area contributed by atoms with Crippen molar-refractivity contribution in [1.29, 1.82) is 0 Å². The highest BCUT2D eigenvalue weighted by Gasteiger charge is 2.16. The number of carbonyl (C=O) groups is 1. The average molecular weight is 398 g/mol. The average Bonchev–Trinajstić information content (AvgIpc) is 3.10. The van der Waals surface area contributed by atoms with Crippen molar-refractivity contribution >= 4 is 32.6 Å². The van der Waals surface area contributed by atoms with Gasteiger partial charge >= 0.3 is 0 Å². The number of nitrogens with one attached hydrogen (secondary N) is 1. The molecule has 0 saturated carbocycles. The summed E-state index contributed by atoms with van der Waals surface area (Å²) in [5.41, 5.74) is 1.34. The van der Waals surface area contributed by atoms with Crippen LogP contribution in [0.5, 0.6) is 17.2 Å². The van der Waals surface area contributed by atoms with E-state index in [4.69, 9.17) is 14.2 Å². The Bertz CT molecular complexity index is 925. The van der Waals surface area contributed by atoms with Gasteiger partial charge in [-0.05, 0) is 30.7 Å². The highest BCUT2D eigenvalue weighted by molar-refractivity contribution is 7.22. The van der Waals surface area contributed by atoms with Crippen molar-refractivity contribution in [2.45, 2.75) is 26.2 Å². The van der Waals surface area contributed by atoms with Gasteiger partial charge in [0, 0.05) is 17.7 Å². The monoisotopic (exact) mass is 398 g/mol. The molecule has 0 bridgehead atoms. The number of amides is 1. The number of aromatic nitrogens is 1. The molecule has 3 aromatic rings. The molecule has 1 aliphatic rings. The number of hydrogen-bond acceptors (Lipinski definition) is 6. The molecular formula is C21H22N2O4S. The zero-order chi connectivity index (χ0) is 19.3. The highest BCUT2D eigenvalue weighted by Crippen LogP contribution is 2.37. The van der Waals surface area contributed by atoms with Gasteiger partial charge in [0.25, 0.3) is 5.91 Å². The smallest absolute Gasteiger partial charge is 0.257 e. The summed E-state index contributed by atoms with van der Waals surface area (Å²) in [5.74, 6) is 1.98. The van der Waals surface area contributed by atoms with Crippen LogP contribution in [0.15, 0.2) is 36.4 Å². The van der Waals surface area contributed by atoms with Crippen LogP contribution in [0.1, 0.15) is 36.5 Å². The van der Waals surface area contributed by atoms with Crippen molar-refractivity contribution in [2.75, 3.05) is 25.1 Å². The van der Waals surface area contributed by atoms with Crippen LogP contribution in [0.4, 0.5) is 5.13 Å². The Hall–Kier alpha value is -2.80. The molecule has 0 fully saturated rings. The maximum Gasteiger partial charge on any atom is 0.257 e. The lowest BCUT2D eigenvalue weighted by Gasteiger charge is -2.17. The topological polar surface area (TPSA) is 69.7 Å². The molecule has 0 unspecified atom stereocenters. The second kappa shape index (κ2) is 8.48. The molecule has 0 radical (unpaired) electrons. The Kier molecular flexibility index (Phi) is 5.62. The van der Waals surface area contributed by atoms with Crippen LogP contribution >= 0.6 is 11.3 Å². The van der Waals surface area contributed by atoms with E-state index in [1.54, 1.807) is 12.1 Å². The molecular weight excluding hydrogens is 376 g/mol. The molecule has 0 saturated heterocycles. The predicted molar refractivity (Wildman–Crippen MR) is 110 cm³/mol. The van der Waals surface area contributed by atoms with Crippen LogP contribution in [-0.4, -0.2) is 30.7 Å². The molecule has 2 aromatic carbocycles. The number of unbranched alkanes of at least 4 members (excludes halogenated alkanes) is 2. The van der Waals surface area contributed by atoms with Gasteiger partial charge in [0.2, 0.25) is 0 Å². The summed E-state index contributed by atoms with van der Waals surface area (Å²) in [6.45, 7) is 3.93. The van der Waals surface area contributed by atoms with Crippen LogP contribution in [0.25, 0.3) is 10.2 Å². The van der Waals surface area contributed by atoms with Crippen LogP contribution in [0.2, 0.25) is 0 Å². The summed E-state index contributed by atoms with van der Waals surface area (Å²) < 4.78 is 17.8. The van der Waals surface area contributed by atoms with Gasteiger partial charge in [-0.25, -0.2) is 4.98 Å². The lowest BCUT2D eigenvalue weighted by Crippen LogP contribution is -2.15. The number of ether oxygens (including phenoxy) is 3. The molecule has 1 amide bonds. The van der Waals surface area contributed by atoms with Crippen LogP contribution in [-0.2, 0) is 0 Å². The van der Waals surface area contributed by atoms with Gasteiger partial charge in [0.15, 0.2) is 16.6 Å². The Morgan fingerprint density at radius 2 is 1.89 bits per heavy atom. The Morgan fingerprint density at radius 1 is 1.14 bits per heavy atom. The predicted octanol–water partition coefficient (Wildman–Crippen LogP) is 4.89. The standard InChI is InChI=1S/C21H22N2O4S/c1-2-3-4-9-25-15-7-5-14(6-8-15)20(24)23-21-22-16-12-17-18(13-19(16)28-21)27-11-10-26-17/h5-8,12-13H,2-4,9-11H2,1H3,(H,22,23,24). The molecule has 146 valence electrons. The summed E-state index contributed by atoms with van der Waals surface area (Å²) in [5, 5.41) is 3.41. The molecule has 4 rings (SSSR count). The molecule has 6 nitrogen and oxygen atoms in total. The number of fused-ring (bicyclic) bond motifs is 2. The van der Waals surface area contributed by atoms with Crippen molar-refractivity contribution in [2.24, 2.45) is 0 Å². The zero-order valence-corrected chi connectivity index (χ0v) is 16.5. The van der Waals surface area contributed by atoms with E-state index < -0.39 is 0 Å². The Labute approximate surface area is 167 Å². The van der Waals surface area contributed by atoms with Crippen molar-refractivity contribution in [3.05, 3.63) is 42.0 Å². The van der Waals surface area contributed by atoms with Crippen LogP contribution in [0.3, 0.4) is 0 Å². The fraction of sp³-hybridized carbons (Fsp3) is 0.333. The molecule has 7 heteroatoms. The van der Waals surface area contributed by atoms with Crippen molar-refractivity contribution in [3.8, 4) is 17.2 Å². The van der Waals surface area contributed by atoms with E-state index in [2.05, 4.69) is 17.2 Å². The number of thiazole rings is 1. The molecule has 2 heterocycles. The van der Waals surface area contributed by atoms with Gasteiger partial charge in [-0.3, -0.25) is 10.1 Å². The third-order valence-corrected chi connectivity index (χ3v) is 5.34. The third-order valence-electron chi connectivity index (χ3n) is 4.41. The molecule has 0 aliphatic carbocycles. The van der Waals surface area contributed by atoms with Gasteiger partial charge in [-0.15, -0.1) is 0 Å². The first-order chi connectivity index (χ1) is 13.7. The fourth-order valence-electron chi connectivity index (χ4n) is 2.93. The lowest BCUT2D eigenvalue weighted by molar-refractivity contribution is 0.102. The maximum atomic E-state index is 12.5. The molecule has 0 atom stereocenters. The summed E-state index contributed by atoms with van der Waals surface area (Å²) in [6.07, 6.45) is 3.36.